The van der Waals surface area contributed by atoms with Crippen LogP contribution in [0.3, 0.4) is 0 Å². The monoisotopic (exact) mass is 141 g/mol. The van der Waals surface area contributed by atoms with Crippen LogP contribution in [-0.4, -0.2) is 16.5 Å². The van der Waals surface area contributed by atoms with Crippen LogP contribution < -0.4 is 5.73 Å². The molecule has 0 spiro atoms. The first kappa shape index (κ1) is 7.08. The lowest BCUT2D eigenvalue weighted by molar-refractivity contribution is 0.351. The molecule has 0 aliphatic heterocycles. The van der Waals surface area contributed by atoms with E-state index in [0.717, 1.165) is 0 Å². The summed E-state index contributed by atoms with van der Waals surface area (Å²) in [5.74, 6) is 0. The maximum atomic E-state index is 12.7. The van der Waals surface area contributed by atoms with Gasteiger partial charge < -0.3 is 5.73 Å². The number of hydrogen-bond acceptors (Lipinski definition) is 3. The van der Waals surface area contributed by atoms with Crippen molar-refractivity contribution in [3.63, 3.8) is 0 Å². The van der Waals surface area contributed by atoms with Crippen molar-refractivity contribution in [2.75, 3.05) is 6.54 Å². The van der Waals surface area contributed by atoms with Gasteiger partial charge in [-0.05, 0) is 0 Å². The van der Waals surface area contributed by atoms with Gasteiger partial charge in [0.2, 0.25) is 0 Å². The number of halogens is 1. The molecule has 54 valence electrons. The predicted octanol–water partition coefficient (Wildman–Crippen LogP) is 0.446. The van der Waals surface area contributed by atoms with Crippen LogP contribution in [0.15, 0.2) is 18.7 Å². The third kappa shape index (κ3) is 1.48. The van der Waals surface area contributed by atoms with Gasteiger partial charge in [0.05, 0.1) is 0 Å². The Bertz CT molecular complexity index is 189. The van der Waals surface area contributed by atoms with E-state index in [4.69, 9.17) is 5.73 Å². The fourth-order valence-electron chi connectivity index (χ4n) is 0.608. The fraction of sp³-hybridized carbons (Fsp3) is 0.333. The second kappa shape index (κ2) is 3.22. The molecule has 0 bridgehead atoms. The Balaban J connectivity index is 2.75. The largest absolute Gasteiger partial charge is 0.327 e. The van der Waals surface area contributed by atoms with Crippen molar-refractivity contribution in [1.82, 2.24) is 9.97 Å². The van der Waals surface area contributed by atoms with Crippen LogP contribution in [-0.2, 0) is 0 Å². The van der Waals surface area contributed by atoms with Crippen molar-refractivity contribution in [2.45, 2.75) is 6.17 Å². The van der Waals surface area contributed by atoms with Crippen LogP contribution >= 0.6 is 0 Å². The Kier molecular flexibility index (Phi) is 2.28. The van der Waals surface area contributed by atoms with Crippen LogP contribution in [0.25, 0.3) is 0 Å². The van der Waals surface area contributed by atoms with E-state index in [-0.39, 0.29) is 6.54 Å². The number of aromatic nitrogens is 2. The Morgan fingerprint density at radius 2 is 2.10 bits per heavy atom. The Hall–Kier alpha value is -1.03. The molecule has 1 rings (SSSR count). The van der Waals surface area contributed by atoms with Crippen LogP contribution in [0.5, 0.6) is 0 Å². The maximum absolute atomic E-state index is 12.7. The van der Waals surface area contributed by atoms with Gasteiger partial charge in [-0.3, -0.25) is 0 Å². The minimum Gasteiger partial charge on any atom is -0.327 e. The van der Waals surface area contributed by atoms with Gasteiger partial charge in [0, 0.05) is 24.5 Å². The number of nitrogens with two attached hydrogens (primary N) is 1. The third-order valence-electron chi connectivity index (χ3n) is 1.15. The molecule has 3 nitrogen and oxygen atoms in total. The summed E-state index contributed by atoms with van der Waals surface area (Å²) in [5, 5.41) is 0. The van der Waals surface area contributed by atoms with Crippen molar-refractivity contribution in [1.29, 1.82) is 0 Å². The second-order valence-electron chi connectivity index (χ2n) is 1.88. The zero-order valence-electron chi connectivity index (χ0n) is 5.37. The summed E-state index contributed by atoms with van der Waals surface area (Å²) in [7, 11) is 0. The fourth-order valence-corrected chi connectivity index (χ4v) is 0.608. The normalized spacial score (nSPS) is 13.0. The Labute approximate surface area is 58.1 Å². The summed E-state index contributed by atoms with van der Waals surface area (Å²) in [6.45, 7) is -0.0205. The van der Waals surface area contributed by atoms with Crippen molar-refractivity contribution in [2.24, 2.45) is 5.73 Å². The molecule has 0 aliphatic rings. The molecule has 0 aromatic carbocycles. The van der Waals surface area contributed by atoms with E-state index >= 15 is 0 Å². The van der Waals surface area contributed by atoms with Gasteiger partial charge in [0.1, 0.15) is 12.5 Å². The number of rotatable bonds is 2. The third-order valence-corrected chi connectivity index (χ3v) is 1.15. The number of hydrogen-bond donors (Lipinski definition) is 1. The van der Waals surface area contributed by atoms with E-state index in [2.05, 4.69) is 9.97 Å². The molecule has 0 radical (unpaired) electrons. The van der Waals surface area contributed by atoms with Crippen molar-refractivity contribution >= 4 is 0 Å². The van der Waals surface area contributed by atoms with E-state index in [1.165, 1.54) is 18.7 Å². The summed E-state index contributed by atoms with van der Waals surface area (Å²) >= 11 is 0. The molecular formula is C6H8FN3. The highest BCUT2D eigenvalue weighted by Gasteiger charge is 2.05. The van der Waals surface area contributed by atoms with Gasteiger partial charge in [-0.25, -0.2) is 14.4 Å². The zero-order chi connectivity index (χ0) is 7.40. The van der Waals surface area contributed by atoms with Gasteiger partial charge >= 0.3 is 0 Å². The average molecular weight is 141 g/mol. The van der Waals surface area contributed by atoms with E-state index in [0.29, 0.717) is 5.56 Å². The SMILES string of the molecule is NCC(F)c1cncnc1. The minimum atomic E-state index is -1.14. The van der Waals surface area contributed by atoms with Gasteiger partial charge in [-0.15, -0.1) is 0 Å². The molecule has 0 aliphatic carbocycles. The van der Waals surface area contributed by atoms with Gasteiger partial charge in [-0.2, -0.15) is 0 Å². The van der Waals surface area contributed by atoms with Crippen LogP contribution in [0.2, 0.25) is 0 Å². The molecule has 1 atom stereocenters. The molecule has 0 amide bonds. The first-order chi connectivity index (χ1) is 4.84. The zero-order valence-corrected chi connectivity index (χ0v) is 5.37. The maximum Gasteiger partial charge on any atom is 0.140 e. The smallest absolute Gasteiger partial charge is 0.140 e. The summed E-state index contributed by atoms with van der Waals surface area (Å²) < 4.78 is 12.7. The molecule has 10 heavy (non-hydrogen) atoms. The summed E-state index contributed by atoms with van der Waals surface area (Å²) in [4.78, 5) is 7.29. The standard InChI is InChI=1S/C6H8FN3/c7-6(1-8)5-2-9-4-10-3-5/h2-4,6H,1,8H2. The van der Waals surface area contributed by atoms with Crippen molar-refractivity contribution < 1.29 is 4.39 Å². The highest BCUT2D eigenvalue weighted by atomic mass is 19.1. The summed E-state index contributed by atoms with van der Waals surface area (Å²) in [6, 6.07) is 0. The van der Waals surface area contributed by atoms with E-state index in [1.54, 1.807) is 0 Å². The molecule has 0 saturated heterocycles. The van der Waals surface area contributed by atoms with Gasteiger partial charge in [0.25, 0.3) is 0 Å². The highest BCUT2D eigenvalue weighted by molar-refractivity contribution is 5.06. The van der Waals surface area contributed by atoms with Crippen molar-refractivity contribution in [3.05, 3.63) is 24.3 Å². The lowest BCUT2D eigenvalue weighted by Crippen LogP contribution is -2.07. The van der Waals surface area contributed by atoms with Crippen LogP contribution in [0.1, 0.15) is 11.7 Å². The number of alkyl halides is 1. The molecule has 0 fully saturated rings. The van der Waals surface area contributed by atoms with E-state index in [9.17, 15) is 4.39 Å². The molecular weight excluding hydrogens is 133 g/mol. The molecule has 4 heteroatoms. The van der Waals surface area contributed by atoms with E-state index in [1.807, 2.05) is 0 Å². The molecule has 0 saturated carbocycles. The molecule has 1 unspecified atom stereocenters. The molecule has 2 N–H and O–H groups in total. The van der Waals surface area contributed by atoms with E-state index < -0.39 is 6.17 Å². The molecule has 1 aromatic rings. The summed E-state index contributed by atoms with van der Waals surface area (Å²) in [6.07, 6.45) is 3.06. The lowest BCUT2D eigenvalue weighted by atomic mass is 10.2. The quantitative estimate of drug-likeness (QED) is 0.650. The predicted molar refractivity (Wildman–Crippen MR) is 34.9 cm³/mol. The number of nitrogens with zero attached hydrogens (tertiary/aromatic N) is 2. The first-order valence-corrected chi connectivity index (χ1v) is 2.93. The minimum absolute atomic E-state index is 0.0205. The molecule has 1 aromatic heterocycles. The topological polar surface area (TPSA) is 51.8 Å². The lowest BCUT2D eigenvalue weighted by Gasteiger charge is -2.01. The highest BCUT2D eigenvalue weighted by Crippen LogP contribution is 2.11. The van der Waals surface area contributed by atoms with Gasteiger partial charge in [0.15, 0.2) is 0 Å². The van der Waals surface area contributed by atoms with Crippen molar-refractivity contribution in [3.8, 4) is 0 Å². The Morgan fingerprint density at radius 1 is 1.50 bits per heavy atom. The van der Waals surface area contributed by atoms with Crippen LogP contribution in [0.4, 0.5) is 4.39 Å². The average Bonchev–Trinajstić information content (AvgIpc) is 2.05. The summed E-state index contributed by atoms with van der Waals surface area (Å²) in [5.41, 5.74) is 5.51. The Morgan fingerprint density at radius 3 is 2.60 bits per heavy atom. The molecule has 1 heterocycles. The van der Waals surface area contributed by atoms with Crippen LogP contribution in [0, 0.1) is 0 Å². The van der Waals surface area contributed by atoms with Gasteiger partial charge in [-0.1, -0.05) is 0 Å². The second-order valence-corrected chi connectivity index (χ2v) is 1.88. The first-order valence-electron chi connectivity index (χ1n) is 2.93.